The van der Waals surface area contributed by atoms with Gasteiger partial charge in [-0.05, 0) is 61.1 Å². The number of hydrogen-bond donors (Lipinski definition) is 1. The molecule has 0 aromatic heterocycles. The van der Waals surface area contributed by atoms with Crippen molar-refractivity contribution in [3.05, 3.63) is 64.7 Å². The van der Waals surface area contributed by atoms with Gasteiger partial charge in [-0.2, -0.15) is 0 Å². The minimum Gasteiger partial charge on any atom is -0.372 e. The second-order valence-corrected chi connectivity index (χ2v) is 7.79. The van der Waals surface area contributed by atoms with Gasteiger partial charge in [-0.25, -0.2) is 0 Å². The Labute approximate surface area is 161 Å². The lowest BCUT2D eigenvalue weighted by atomic mass is 9.98. The van der Waals surface area contributed by atoms with Crippen molar-refractivity contribution >= 4 is 23.2 Å². The van der Waals surface area contributed by atoms with Crippen LogP contribution in [0.2, 0.25) is 5.02 Å². The second-order valence-electron chi connectivity index (χ2n) is 7.35. The molecular weight excluding hydrogens is 344 g/mol. The summed E-state index contributed by atoms with van der Waals surface area (Å²) in [5, 5.41) is 3.76. The maximum Gasteiger partial charge on any atom is 0.224 e. The zero-order valence-corrected chi connectivity index (χ0v) is 16.3. The standard InChI is InChI=1S/C22H27ClN2O/c1-16-11-13-25(14-12-16)21-9-5-19(6-10-21)17(2)24-22(26)15-18-3-7-20(23)8-4-18/h3-10,16-17H,11-15H2,1-2H3,(H,24,26)/t17-/m1/s1. The minimum atomic E-state index is -0.00905. The van der Waals surface area contributed by atoms with E-state index in [1.807, 2.05) is 31.2 Å². The third-order valence-corrected chi connectivity index (χ3v) is 5.45. The van der Waals surface area contributed by atoms with Gasteiger partial charge in [0.05, 0.1) is 12.5 Å². The van der Waals surface area contributed by atoms with E-state index in [0.717, 1.165) is 30.1 Å². The van der Waals surface area contributed by atoms with Crippen LogP contribution in [0.5, 0.6) is 0 Å². The molecule has 2 aromatic carbocycles. The van der Waals surface area contributed by atoms with Crippen LogP contribution in [0.25, 0.3) is 0 Å². The molecule has 1 atom stereocenters. The number of carbonyl (C=O) groups is 1. The van der Waals surface area contributed by atoms with Gasteiger partial charge in [-0.15, -0.1) is 0 Å². The zero-order valence-electron chi connectivity index (χ0n) is 15.5. The third kappa shape index (κ3) is 5.01. The van der Waals surface area contributed by atoms with E-state index in [4.69, 9.17) is 11.6 Å². The van der Waals surface area contributed by atoms with E-state index in [1.54, 1.807) is 0 Å². The Morgan fingerprint density at radius 1 is 1.12 bits per heavy atom. The Morgan fingerprint density at radius 2 is 1.73 bits per heavy atom. The molecule has 1 aliphatic heterocycles. The normalized spacial score (nSPS) is 16.3. The summed E-state index contributed by atoms with van der Waals surface area (Å²) in [4.78, 5) is 14.7. The quantitative estimate of drug-likeness (QED) is 0.803. The molecule has 138 valence electrons. The van der Waals surface area contributed by atoms with Crippen LogP contribution in [-0.4, -0.2) is 19.0 Å². The van der Waals surface area contributed by atoms with Gasteiger partial charge in [0, 0.05) is 23.8 Å². The predicted octanol–water partition coefficient (Wildman–Crippen LogP) is 5.00. The summed E-state index contributed by atoms with van der Waals surface area (Å²) in [5.74, 6) is 0.857. The Morgan fingerprint density at radius 3 is 2.35 bits per heavy atom. The van der Waals surface area contributed by atoms with Gasteiger partial charge in [-0.1, -0.05) is 42.8 Å². The first-order valence-electron chi connectivity index (χ1n) is 9.40. The van der Waals surface area contributed by atoms with Crippen molar-refractivity contribution in [1.29, 1.82) is 0 Å². The molecule has 0 bridgehead atoms. The summed E-state index contributed by atoms with van der Waals surface area (Å²) in [6.07, 6.45) is 2.89. The number of halogens is 1. The van der Waals surface area contributed by atoms with Crippen LogP contribution in [0.4, 0.5) is 5.69 Å². The number of anilines is 1. The van der Waals surface area contributed by atoms with Crippen LogP contribution in [0.1, 0.15) is 43.9 Å². The number of carbonyl (C=O) groups excluding carboxylic acids is 1. The third-order valence-electron chi connectivity index (χ3n) is 5.20. The lowest BCUT2D eigenvalue weighted by Gasteiger charge is -2.32. The smallest absolute Gasteiger partial charge is 0.224 e. The molecule has 4 heteroatoms. The largest absolute Gasteiger partial charge is 0.372 e. The fourth-order valence-corrected chi connectivity index (χ4v) is 3.53. The fraction of sp³-hybridized carbons (Fsp3) is 0.409. The van der Waals surface area contributed by atoms with Crippen molar-refractivity contribution in [2.45, 2.75) is 39.2 Å². The van der Waals surface area contributed by atoms with Crippen molar-refractivity contribution < 1.29 is 4.79 Å². The Hall–Kier alpha value is -2.00. The number of piperidine rings is 1. The van der Waals surface area contributed by atoms with Crippen LogP contribution in [-0.2, 0) is 11.2 Å². The lowest BCUT2D eigenvalue weighted by Crippen LogP contribution is -2.32. The first-order valence-corrected chi connectivity index (χ1v) is 9.78. The average Bonchev–Trinajstić information content (AvgIpc) is 2.64. The van der Waals surface area contributed by atoms with Gasteiger partial charge in [0.2, 0.25) is 5.91 Å². The van der Waals surface area contributed by atoms with Gasteiger partial charge in [0.15, 0.2) is 0 Å². The van der Waals surface area contributed by atoms with Gasteiger partial charge in [0.1, 0.15) is 0 Å². The number of nitrogens with zero attached hydrogens (tertiary/aromatic N) is 1. The maximum atomic E-state index is 12.3. The lowest BCUT2D eigenvalue weighted by molar-refractivity contribution is -0.121. The molecule has 1 N–H and O–H groups in total. The molecule has 1 amide bonds. The van der Waals surface area contributed by atoms with Gasteiger partial charge in [0.25, 0.3) is 0 Å². The molecule has 1 fully saturated rings. The average molecular weight is 371 g/mol. The molecule has 0 radical (unpaired) electrons. The molecule has 26 heavy (non-hydrogen) atoms. The summed E-state index contributed by atoms with van der Waals surface area (Å²) in [6.45, 7) is 6.62. The highest BCUT2D eigenvalue weighted by molar-refractivity contribution is 6.30. The number of hydrogen-bond acceptors (Lipinski definition) is 2. The molecule has 1 heterocycles. The predicted molar refractivity (Wildman–Crippen MR) is 109 cm³/mol. The van der Waals surface area contributed by atoms with E-state index >= 15 is 0 Å². The highest BCUT2D eigenvalue weighted by Gasteiger charge is 2.16. The topological polar surface area (TPSA) is 32.3 Å². The van der Waals surface area contributed by atoms with Crippen LogP contribution in [0, 0.1) is 5.92 Å². The Kier molecular flexibility index (Phi) is 6.20. The van der Waals surface area contributed by atoms with Crippen LogP contribution in [0.3, 0.4) is 0 Å². The van der Waals surface area contributed by atoms with Crippen LogP contribution < -0.4 is 10.2 Å². The molecule has 2 aromatic rings. The molecule has 0 unspecified atom stereocenters. The number of benzene rings is 2. The van der Waals surface area contributed by atoms with Crippen molar-refractivity contribution in [2.24, 2.45) is 5.92 Å². The highest BCUT2D eigenvalue weighted by Crippen LogP contribution is 2.24. The Balaban J connectivity index is 1.54. The molecule has 3 rings (SSSR count). The van der Waals surface area contributed by atoms with Crippen molar-refractivity contribution in [3.8, 4) is 0 Å². The first kappa shape index (κ1) is 18.8. The van der Waals surface area contributed by atoms with Crippen LogP contribution in [0.15, 0.2) is 48.5 Å². The number of rotatable bonds is 5. The molecular formula is C22H27ClN2O. The number of amides is 1. The van der Waals surface area contributed by atoms with E-state index in [2.05, 4.69) is 41.4 Å². The van der Waals surface area contributed by atoms with Crippen molar-refractivity contribution in [3.63, 3.8) is 0 Å². The van der Waals surface area contributed by atoms with E-state index < -0.39 is 0 Å². The molecule has 3 nitrogen and oxygen atoms in total. The maximum absolute atomic E-state index is 12.3. The van der Waals surface area contributed by atoms with E-state index in [0.29, 0.717) is 11.4 Å². The van der Waals surface area contributed by atoms with Crippen molar-refractivity contribution in [2.75, 3.05) is 18.0 Å². The fourth-order valence-electron chi connectivity index (χ4n) is 3.40. The SMILES string of the molecule is CC1CCN(c2ccc([C@@H](C)NC(=O)Cc3ccc(Cl)cc3)cc2)CC1. The summed E-state index contributed by atoms with van der Waals surface area (Å²) >= 11 is 5.88. The summed E-state index contributed by atoms with van der Waals surface area (Å²) in [7, 11) is 0. The zero-order chi connectivity index (χ0) is 18.5. The summed E-state index contributed by atoms with van der Waals surface area (Å²) < 4.78 is 0. The first-order chi connectivity index (χ1) is 12.5. The minimum absolute atomic E-state index is 0.00905. The van der Waals surface area contributed by atoms with E-state index in [1.165, 1.54) is 18.5 Å². The highest BCUT2D eigenvalue weighted by atomic mass is 35.5. The molecule has 0 spiro atoms. The summed E-state index contributed by atoms with van der Waals surface area (Å²) in [5.41, 5.74) is 3.37. The summed E-state index contributed by atoms with van der Waals surface area (Å²) in [6, 6.07) is 16.0. The molecule has 1 aliphatic rings. The molecule has 0 aliphatic carbocycles. The van der Waals surface area contributed by atoms with E-state index in [-0.39, 0.29) is 11.9 Å². The Bertz CT molecular complexity index is 719. The second kappa shape index (κ2) is 8.59. The van der Waals surface area contributed by atoms with Gasteiger partial charge in [-0.3, -0.25) is 4.79 Å². The molecule has 1 saturated heterocycles. The molecule has 0 saturated carbocycles. The monoisotopic (exact) mass is 370 g/mol. The van der Waals surface area contributed by atoms with Crippen molar-refractivity contribution in [1.82, 2.24) is 5.32 Å². The van der Waals surface area contributed by atoms with Gasteiger partial charge < -0.3 is 10.2 Å². The van der Waals surface area contributed by atoms with Crippen LogP contribution >= 0.6 is 11.6 Å². The number of nitrogens with one attached hydrogen (secondary N) is 1. The van der Waals surface area contributed by atoms with Gasteiger partial charge >= 0.3 is 0 Å². The van der Waals surface area contributed by atoms with E-state index in [9.17, 15) is 4.79 Å².